The molecule has 2 bridgehead atoms. The number of benzene rings is 1. The number of nitrogens with zero attached hydrogens (tertiary/aromatic N) is 1. The SMILES string of the molecule is C=COc1ccc2c3c1O[C@H]1[C@@H](O)C=C[C@H]4[C@@H](C2)N(C)CC[C@@]341. The predicted molar refractivity (Wildman–Crippen MR) is 86.7 cm³/mol. The number of aliphatic hydroxyl groups is 1. The van der Waals surface area contributed by atoms with Gasteiger partial charge in [0.2, 0.25) is 0 Å². The lowest BCUT2D eigenvalue weighted by atomic mass is 9.53. The number of ether oxygens (including phenoxy) is 2. The molecule has 0 saturated carbocycles. The first-order chi connectivity index (χ1) is 11.2. The highest BCUT2D eigenvalue weighted by Gasteiger charge is 2.64. The Morgan fingerprint density at radius 1 is 1.43 bits per heavy atom. The van der Waals surface area contributed by atoms with E-state index >= 15 is 0 Å². The van der Waals surface area contributed by atoms with Gasteiger partial charge in [-0.3, -0.25) is 0 Å². The number of rotatable bonds is 2. The van der Waals surface area contributed by atoms with Crippen molar-refractivity contribution in [3.05, 3.63) is 48.3 Å². The first kappa shape index (κ1) is 13.6. The molecule has 1 aromatic carbocycles. The summed E-state index contributed by atoms with van der Waals surface area (Å²) in [5, 5.41) is 10.6. The van der Waals surface area contributed by atoms with E-state index in [2.05, 4.69) is 30.7 Å². The van der Waals surface area contributed by atoms with E-state index < -0.39 is 6.10 Å². The van der Waals surface area contributed by atoms with E-state index in [4.69, 9.17) is 9.47 Å². The molecular formula is C19H21NO3. The first-order valence-electron chi connectivity index (χ1n) is 8.34. The zero-order valence-corrected chi connectivity index (χ0v) is 13.2. The molecule has 1 fully saturated rings. The van der Waals surface area contributed by atoms with Crippen LogP contribution in [0.3, 0.4) is 0 Å². The second-order valence-corrected chi connectivity index (χ2v) is 7.19. The summed E-state index contributed by atoms with van der Waals surface area (Å²) in [4.78, 5) is 2.46. The van der Waals surface area contributed by atoms with E-state index in [9.17, 15) is 5.11 Å². The zero-order valence-electron chi connectivity index (χ0n) is 13.2. The molecule has 2 aliphatic carbocycles. The lowest BCUT2D eigenvalue weighted by molar-refractivity contribution is -0.0453. The molecule has 5 rings (SSSR count). The maximum atomic E-state index is 10.6. The number of piperidine rings is 1. The Morgan fingerprint density at radius 2 is 2.30 bits per heavy atom. The van der Waals surface area contributed by atoms with Crippen LogP contribution in [-0.4, -0.2) is 41.8 Å². The first-order valence-corrected chi connectivity index (χ1v) is 8.34. The van der Waals surface area contributed by atoms with Gasteiger partial charge in [0.25, 0.3) is 0 Å². The highest BCUT2D eigenvalue weighted by Crippen LogP contribution is 2.62. The van der Waals surface area contributed by atoms with Crippen molar-refractivity contribution in [3.8, 4) is 11.5 Å². The fourth-order valence-corrected chi connectivity index (χ4v) is 5.41. The Hall–Kier alpha value is -1.78. The summed E-state index contributed by atoms with van der Waals surface area (Å²) in [6.07, 6.45) is 6.84. The molecule has 2 heterocycles. The van der Waals surface area contributed by atoms with Crippen LogP contribution in [-0.2, 0) is 11.8 Å². The van der Waals surface area contributed by atoms with Crippen LogP contribution < -0.4 is 9.47 Å². The van der Waals surface area contributed by atoms with Gasteiger partial charge in [-0.05, 0) is 38.1 Å². The third-order valence-electron chi connectivity index (χ3n) is 6.34. The minimum Gasteiger partial charge on any atom is -0.482 e. The van der Waals surface area contributed by atoms with Crippen molar-refractivity contribution in [2.24, 2.45) is 5.92 Å². The number of hydrogen-bond donors (Lipinski definition) is 1. The summed E-state index contributed by atoms with van der Waals surface area (Å²) < 4.78 is 11.9. The molecule has 1 aromatic rings. The average Bonchev–Trinajstić information content (AvgIpc) is 2.90. The van der Waals surface area contributed by atoms with Crippen molar-refractivity contribution < 1.29 is 14.6 Å². The zero-order chi connectivity index (χ0) is 15.8. The van der Waals surface area contributed by atoms with Crippen LogP contribution in [0, 0.1) is 5.92 Å². The Morgan fingerprint density at radius 3 is 3.13 bits per heavy atom. The maximum absolute atomic E-state index is 10.6. The molecule has 0 unspecified atom stereocenters. The van der Waals surface area contributed by atoms with Crippen molar-refractivity contribution in [1.82, 2.24) is 4.90 Å². The van der Waals surface area contributed by atoms with E-state index in [-0.39, 0.29) is 11.5 Å². The molecule has 4 aliphatic rings. The molecule has 1 spiro atoms. The quantitative estimate of drug-likeness (QED) is 0.670. The fourth-order valence-electron chi connectivity index (χ4n) is 5.41. The monoisotopic (exact) mass is 311 g/mol. The molecule has 23 heavy (non-hydrogen) atoms. The molecule has 0 aromatic heterocycles. The van der Waals surface area contributed by atoms with Crippen LogP contribution in [0.2, 0.25) is 0 Å². The Bertz CT molecular complexity index is 728. The van der Waals surface area contributed by atoms with Crippen LogP contribution in [0.5, 0.6) is 11.5 Å². The van der Waals surface area contributed by atoms with Crippen molar-refractivity contribution in [3.63, 3.8) is 0 Å². The van der Waals surface area contributed by atoms with Crippen LogP contribution in [0.15, 0.2) is 37.1 Å². The molecule has 1 saturated heterocycles. The molecule has 4 heteroatoms. The molecule has 1 N–H and O–H groups in total. The van der Waals surface area contributed by atoms with Gasteiger partial charge in [0.15, 0.2) is 11.5 Å². The molecule has 0 radical (unpaired) electrons. The van der Waals surface area contributed by atoms with Gasteiger partial charge in [-0.1, -0.05) is 24.8 Å². The standard InChI is InChI=1S/C19H21NO3/c1-3-22-15-7-4-11-10-13-12-5-6-14(21)18-19(12,8-9-20(13)2)16(11)17(15)23-18/h3-7,12-14,18,21H,1,8-10H2,2H3/t12-,13+,14-,18-,19-/m0/s1. The summed E-state index contributed by atoms with van der Waals surface area (Å²) in [7, 11) is 2.21. The molecule has 0 amide bonds. The Balaban J connectivity index is 1.79. The number of likely N-dealkylation sites (N-methyl/N-ethyl adjacent to an activating group) is 1. The van der Waals surface area contributed by atoms with Gasteiger partial charge in [-0.25, -0.2) is 0 Å². The second-order valence-electron chi connectivity index (χ2n) is 7.19. The molecule has 4 nitrogen and oxygen atoms in total. The highest BCUT2D eigenvalue weighted by atomic mass is 16.5. The van der Waals surface area contributed by atoms with Crippen LogP contribution in [0.1, 0.15) is 17.5 Å². The van der Waals surface area contributed by atoms with Crippen LogP contribution in [0.25, 0.3) is 0 Å². The summed E-state index contributed by atoms with van der Waals surface area (Å²) >= 11 is 0. The van der Waals surface area contributed by atoms with Gasteiger partial charge in [-0.15, -0.1) is 0 Å². The fraction of sp³-hybridized carbons (Fsp3) is 0.474. The van der Waals surface area contributed by atoms with E-state index in [1.165, 1.54) is 17.4 Å². The summed E-state index contributed by atoms with van der Waals surface area (Å²) in [6.45, 7) is 4.70. The van der Waals surface area contributed by atoms with Crippen molar-refractivity contribution >= 4 is 0 Å². The molecule has 120 valence electrons. The maximum Gasteiger partial charge on any atom is 0.168 e. The lowest BCUT2D eigenvalue weighted by Gasteiger charge is -2.56. The van der Waals surface area contributed by atoms with E-state index in [0.29, 0.717) is 17.7 Å². The topological polar surface area (TPSA) is 41.9 Å². The normalized spacial score (nSPS) is 39.6. The van der Waals surface area contributed by atoms with Gasteiger partial charge in [0.05, 0.1) is 6.26 Å². The van der Waals surface area contributed by atoms with E-state index in [1.54, 1.807) is 0 Å². The Kier molecular flexibility index (Phi) is 2.61. The van der Waals surface area contributed by atoms with Crippen molar-refractivity contribution in [2.45, 2.75) is 36.5 Å². The van der Waals surface area contributed by atoms with E-state index in [1.807, 2.05) is 12.1 Å². The van der Waals surface area contributed by atoms with Crippen LogP contribution in [0.4, 0.5) is 0 Å². The van der Waals surface area contributed by atoms with Gasteiger partial charge in [0.1, 0.15) is 12.2 Å². The van der Waals surface area contributed by atoms with Gasteiger partial charge >= 0.3 is 0 Å². The number of likely N-dealkylation sites (tertiary alicyclic amines) is 1. The van der Waals surface area contributed by atoms with Crippen molar-refractivity contribution in [2.75, 3.05) is 13.6 Å². The number of aliphatic hydroxyl groups excluding tert-OH is 1. The second kappa shape index (κ2) is 4.40. The summed E-state index contributed by atoms with van der Waals surface area (Å²) in [5.74, 6) is 1.93. The highest BCUT2D eigenvalue weighted by molar-refractivity contribution is 5.62. The van der Waals surface area contributed by atoms with Gasteiger partial charge in [0, 0.05) is 22.9 Å². The molecular weight excluding hydrogens is 290 g/mol. The largest absolute Gasteiger partial charge is 0.482 e. The van der Waals surface area contributed by atoms with Gasteiger partial charge in [-0.2, -0.15) is 0 Å². The molecule has 5 atom stereocenters. The van der Waals surface area contributed by atoms with Crippen LogP contribution >= 0.6 is 0 Å². The van der Waals surface area contributed by atoms with Crippen molar-refractivity contribution in [1.29, 1.82) is 0 Å². The third kappa shape index (κ3) is 1.49. The minimum atomic E-state index is -0.565. The predicted octanol–water partition coefficient (Wildman–Crippen LogP) is 2.01. The smallest absolute Gasteiger partial charge is 0.168 e. The minimum absolute atomic E-state index is 0.116. The summed E-state index contributed by atoms with van der Waals surface area (Å²) in [6, 6.07) is 4.61. The molecule has 2 aliphatic heterocycles. The third-order valence-corrected chi connectivity index (χ3v) is 6.34. The average molecular weight is 311 g/mol. The Labute approximate surface area is 136 Å². The number of hydrogen-bond acceptors (Lipinski definition) is 4. The van der Waals surface area contributed by atoms with E-state index in [0.717, 1.165) is 25.1 Å². The lowest BCUT2D eigenvalue weighted by Crippen LogP contribution is -2.64. The van der Waals surface area contributed by atoms with Gasteiger partial charge < -0.3 is 19.5 Å². The summed E-state index contributed by atoms with van der Waals surface area (Å²) in [5.41, 5.74) is 2.50.